The van der Waals surface area contributed by atoms with Crippen molar-refractivity contribution in [3.8, 4) is 0 Å². The SMILES string of the molecule is Cc1ccc(C(=O)O)cc1NC(=O)NC1CCNCC1. The van der Waals surface area contributed by atoms with Gasteiger partial charge in [-0.2, -0.15) is 0 Å². The zero-order chi connectivity index (χ0) is 14.5. The van der Waals surface area contributed by atoms with Gasteiger partial charge in [-0.1, -0.05) is 6.07 Å². The van der Waals surface area contributed by atoms with Crippen LogP contribution < -0.4 is 16.0 Å². The smallest absolute Gasteiger partial charge is 0.335 e. The van der Waals surface area contributed by atoms with Crippen LogP contribution in [0.25, 0.3) is 0 Å². The molecule has 2 amide bonds. The van der Waals surface area contributed by atoms with Crippen molar-refractivity contribution >= 4 is 17.7 Å². The number of hydrogen-bond donors (Lipinski definition) is 4. The van der Waals surface area contributed by atoms with E-state index in [1.165, 1.54) is 12.1 Å². The monoisotopic (exact) mass is 277 g/mol. The summed E-state index contributed by atoms with van der Waals surface area (Å²) in [5.41, 5.74) is 1.51. The predicted molar refractivity (Wildman–Crippen MR) is 76.2 cm³/mol. The first-order chi connectivity index (χ1) is 9.56. The van der Waals surface area contributed by atoms with Gasteiger partial charge in [-0.3, -0.25) is 0 Å². The van der Waals surface area contributed by atoms with E-state index in [0.29, 0.717) is 5.69 Å². The van der Waals surface area contributed by atoms with Crippen molar-refractivity contribution in [2.75, 3.05) is 18.4 Å². The van der Waals surface area contributed by atoms with Crippen LogP contribution in [0.15, 0.2) is 18.2 Å². The van der Waals surface area contributed by atoms with E-state index < -0.39 is 5.97 Å². The average molecular weight is 277 g/mol. The Morgan fingerprint density at radius 1 is 1.30 bits per heavy atom. The van der Waals surface area contributed by atoms with Gasteiger partial charge in [0.1, 0.15) is 0 Å². The molecule has 1 aromatic rings. The average Bonchev–Trinajstić information content (AvgIpc) is 2.42. The molecule has 1 aromatic carbocycles. The van der Waals surface area contributed by atoms with Crippen LogP contribution in [0.5, 0.6) is 0 Å². The standard InChI is InChI=1S/C14H19N3O3/c1-9-2-3-10(13(18)19)8-12(9)17-14(20)16-11-4-6-15-7-5-11/h2-3,8,11,15H,4-7H2,1H3,(H,18,19)(H2,16,17,20). The number of nitrogens with one attached hydrogen (secondary N) is 3. The zero-order valence-corrected chi connectivity index (χ0v) is 11.4. The van der Waals surface area contributed by atoms with E-state index in [2.05, 4.69) is 16.0 Å². The summed E-state index contributed by atoms with van der Waals surface area (Å²) < 4.78 is 0. The molecular weight excluding hydrogens is 258 g/mol. The summed E-state index contributed by atoms with van der Waals surface area (Å²) >= 11 is 0. The fourth-order valence-electron chi connectivity index (χ4n) is 2.20. The van der Waals surface area contributed by atoms with Crippen molar-refractivity contribution in [2.24, 2.45) is 0 Å². The fraction of sp³-hybridized carbons (Fsp3) is 0.429. The summed E-state index contributed by atoms with van der Waals surface area (Å²) in [5.74, 6) is -1.01. The number of carbonyl (C=O) groups excluding carboxylic acids is 1. The Hall–Kier alpha value is -2.08. The topological polar surface area (TPSA) is 90.5 Å². The minimum Gasteiger partial charge on any atom is -0.478 e. The van der Waals surface area contributed by atoms with E-state index in [0.717, 1.165) is 31.5 Å². The minimum absolute atomic E-state index is 0.160. The number of carboxylic acids is 1. The Bertz CT molecular complexity index is 510. The third-order valence-corrected chi connectivity index (χ3v) is 3.41. The molecule has 1 aliphatic heterocycles. The van der Waals surface area contributed by atoms with Gasteiger partial charge >= 0.3 is 12.0 Å². The Morgan fingerprint density at radius 2 is 2.00 bits per heavy atom. The first-order valence-corrected chi connectivity index (χ1v) is 6.68. The van der Waals surface area contributed by atoms with E-state index in [-0.39, 0.29) is 17.6 Å². The molecule has 108 valence electrons. The molecule has 0 spiro atoms. The third kappa shape index (κ3) is 3.71. The van der Waals surface area contributed by atoms with Gasteiger partial charge in [0.15, 0.2) is 0 Å². The van der Waals surface area contributed by atoms with E-state index in [1.54, 1.807) is 6.07 Å². The van der Waals surface area contributed by atoms with Crippen LogP contribution in [0.4, 0.5) is 10.5 Å². The van der Waals surface area contributed by atoms with Gasteiger partial charge in [0.05, 0.1) is 5.56 Å². The van der Waals surface area contributed by atoms with E-state index in [4.69, 9.17) is 5.11 Å². The second kappa shape index (κ2) is 6.38. The molecule has 1 aliphatic rings. The number of anilines is 1. The van der Waals surface area contributed by atoms with Gasteiger partial charge in [0, 0.05) is 11.7 Å². The highest BCUT2D eigenvalue weighted by atomic mass is 16.4. The molecule has 0 unspecified atom stereocenters. The van der Waals surface area contributed by atoms with Gasteiger partial charge < -0.3 is 21.1 Å². The molecule has 1 saturated heterocycles. The van der Waals surface area contributed by atoms with Gasteiger partial charge in [0.25, 0.3) is 0 Å². The van der Waals surface area contributed by atoms with E-state index in [9.17, 15) is 9.59 Å². The maximum absolute atomic E-state index is 11.9. The van der Waals surface area contributed by atoms with Crippen molar-refractivity contribution in [1.82, 2.24) is 10.6 Å². The van der Waals surface area contributed by atoms with Crippen LogP contribution >= 0.6 is 0 Å². The number of urea groups is 1. The summed E-state index contributed by atoms with van der Waals surface area (Å²) in [6.45, 7) is 3.63. The highest BCUT2D eigenvalue weighted by molar-refractivity contribution is 5.94. The lowest BCUT2D eigenvalue weighted by molar-refractivity contribution is 0.0697. The Labute approximate surface area is 117 Å². The first-order valence-electron chi connectivity index (χ1n) is 6.68. The number of benzene rings is 1. The van der Waals surface area contributed by atoms with Crippen molar-refractivity contribution in [3.63, 3.8) is 0 Å². The van der Waals surface area contributed by atoms with Crippen LogP contribution in [0.2, 0.25) is 0 Å². The molecule has 0 aromatic heterocycles. The number of carbonyl (C=O) groups is 2. The van der Waals surface area contributed by atoms with Gasteiger partial charge in [0.2, 0.25) is 0 Å². The maximum atomic E-state index is 11.9. The van der Waals surface area contributed by atoms with Gasteiger partial charge in [-0.15, -0.1) is 0 Å². The van der Waals surface area contributed by atoms with Gasteiger partial charge in [-0.05, 0) is 50.6 Å². The maximum Gasteiger partial charge on any atom is 0.335 e. The largest absolute Gasteiger partial charge is 0.478 e. The molecule has 0 aliphatic carbocycles. The van der Waals surface area contributed by atoms with Crippen molar-refractivity contribution in [1.29, 1.82) is 0 Å². The zero-order valence-electron chi connectivity index (χ0n) is 11.4. The number of amides is 2. The quantitative estimate of drug-likeness (QED) is 0.675. The molecule has 1 heterocycles. The van der Waals surface area contributed by atoms with Crippen molar-refractivity contribution < 1.29 is 14.7 Å². The summed E-state index contributed by atoms with van der Waals surface area (Å²) in [6, 6.07) is 4.55. The summed E-state index contributed by atoms with van der Waals surface area (Å²) in [4.78, 5) is 22.9. The molecule has 0 bridgehead atoms. The van der Waals surface area contributed by atoms with Crippen LogP contribution in [-0.2, 0) is 0 Å². The number of carboxylic acid groups (broad SMARTS) is 1. The number of aryl methyl sites for hydroxylation is 1. The number of hydrogen-bond acceptors (Lipinski definition) is 3. The molecule has 2 rings (SSSR count). The highest BCUT2D eigenvalue weighted by Gasteiger charge is 2.16. The van der Waals surface area contributed by atoms with Crippen molar-refractivity contribution in [3.05, 3.63) is 29.3 Å². The molecule has 4 N–H and O–H groups in total. The number of aromatic carboxylic acids is 1. The van der Waals surface area contributed by atoms with Crippen LogP contribution in [-0.4, -0.2) is 36.2 Å². The molecule has 1 fully saturated rings. The van der Waals surface area contributed by atoms with Crippen molar-refractivity contribution in [2.45, 2.75) is 25.8 Å². The van der Waals surface area contributed by atoms with Crippen LogP contribution in [0.1, 0.15) is 28.8 Å². The predicted octanol–water partition coefficient (Wildman–Crippen LogP) is 1.57. The van der Waals surface area contributed by atoms with Gasteiger partial charge in [-0.25, -0.2) is 9.59 Å². The molecule has 0 saturated carbocycles. The second-order valence-electron chi connectivity index (χ2n) is 4.96. The lowest BCUT2D eigenvalue weighted by atomic mass is 10.1. The lowest BCUT2D eigenvalue weighted by Gasteiger charge is -2.24. The molecule has 0 atom stereocenters. The Kier molecular flexibility index (Phi) is 4.57. The molecule has 6 heteroatoms. The third-order valence-electron chi connectivity index (χ3n) is 3.41. The van der Waals surface area contributed by atoms with E-state index >= 15 is 0 Å². The van der Waals surface area contributed by atoms with E-state index in [1.807, 2.05) is 6.92 Å². The fourth-order valence-corrected chi connectivity index (χ4v) is 2.20. The Balaban J connectivity index is 1.99. The van der Waals surface area contributed by atoms with Crippen LogP contribution in [0.3, 0.4) is 0 Å². The number of rotatable bonds is 3. The Morgan fingerprint density at radius 3 is 2.65 bits per heavy atom. The summed E-state index contributed by atoms with van der Waals surface area (Å²) in [6.07, 6.45) is 1.81. The molecule has 0 radical (unpaired) electrons. The minimum atomic E-state index is -1.01. The summed E-state index contributed by atoms with van der Waals surface area (Å²) in [7, 11) is 0. The highest BCUT2D eigenvalue weighted by Crippen LogP contribution is 2.17. The molecular formula is C14H19N3O3. The molecule has 6 nitrogen and oxygen atoms in total. The summed E-state index contributed by atoms with van der Waals surface area (Å²) in [5, 5.41) is 17.8. The first kappa shape index (κ1) is 14.3. The lowest BCUT2D eigenvalue weighted by Crippen LogP contribution is -2.44. The van der Waals surface area contributed by atoms with Crippen LogP contribution in [0, 0.1) is 6.92 Å². The number of piperidine rings is 1. The second-order valence-corrected chi connectivity index (χ2v) is 4.96. The normalized spacial score (nSPS) is 15.7. The molecule has 20 heavy (non-hydrogen) atoms.